The normalized spacial score (nSPS) is 21.8. The van der Waals surface area contributed by atoms with E-state index in [0.717, 1.165) is 63.1 Å². The third-order valence-electron chi connectivity index (χ3n) is 6.04. The van der Waals surface area contributed by atoms with Crippen molar-refractivity contribution in [3.8, 4) is 0 Å². The number of ether oxygens (including phenoxy) is 1. The summed E-state index contributed by atoms with van der Waals surface area (Å²) in [6.07, 6.45) is 6.28. The van der Waals surface area contributed by atoms with E-state index >= 15 is 0 Å². The zero-order chi connectivity index (χ0) is 19.9. The first-order valence-electron chi connectivity index (χ1n) is 10.6. The average Bonchev–Trinajstić information content (AvgIpc) is 3.22. The first-order valence-corrected chi connectivity index (χ1v) is 10.6. The number of rotatable bonds is 7. The van der Waals surface area contributed by atoms with Gasteiger partial charge in [-0.1, -0.05) is 24.3 Å². The van der Waals surface area contributed by atoms with Crippen LogP contribution in [0.5, 0.6) is 0 Å². The summed E-state index contributed by atoms with van der Waals surface area (Å²) in [6, 6.07) is 7.02. The van der Waals surface area contributed by atoms with Crippen molar-refractivity contribution in [1.82, 2.24) is 9.80 Å². The van der Waals surface area contributed by atoms with E-state index in [1.54, 1.807) is 6.07 Å². The van der Waals surface area contributed by atoms with Gasteiger partial charge in [-0.05, 0) is 64.6 Å². The molecule has 1 unspecified atom stereocenters. The highest BCUT2D eigenvalue weighted by molar-refractivity contribution is 5.92. The summed E-state index contributed by atoms with van der Waals surface area (Å²) >= 11 is 0. The van der Waals surface area contributed by atoms with E-state index in [-0.39, 0.29) is 17.8 Å². The van der Waals surface area contributed by atoms with Gasteiger partial charge in [0.25, 0.3) is 0 Å². The average molecular weight is 389 g/mol. The number of piperidine rings is 1. The van der Waals surface area contributed by atoms with Gasteiger partial charge in [0.2, 0.25) is 5.91 Å². The smallest absolute Gasteiger partial charge is 0.249 e. The molecule has 3 rings (SSSR count). The van der Waals surface area contributed by atoms with Gasteiger partial charge in [-0.3, -0.25) is 9.69 Å². The molecular weight excluding hydrogens is 355 g/mol. The van der Waals surface area contributed by atoms with E-state index in [9.17, 15) is 9.18 Å². The number of carbonyl (C=O) groups excluding carboxylic acids is 1. The minimum absolute atomic E-state index is 0.125. The lowest BCUT2D eigenvalue weighted by Crippen LogP contribution is -2.43. The first-order chi connectivity index (χ1) is 13.6. The van der Waals surface area contributed by atoms with E-state index < -0.39 is 0 Å². The molecule has 1 atom stereocenters. The van der Waals surface area contributed by atoms with Crippen LogP contribution in [-0.2, 0) is 16.1 Å². The number of hydrogen-bond acceptors (Lipinski definition) is 3. The van der Waals surface area contributed by atoms with Gasteiger partial charge in [-0.15, -0.1) is 0 Å². The monoisotopic (exact) mass is 388 g/mol. The van der Waals surface area contributed by atoms with Crippen molar-refractivity contribution in [3.63, 3.8) is 0 Å². The van der Waals surface area contributed by atoms with Crippen molar-refractivity contribution in [2.45, 2.75) is 52.2 Å². The van der Waals surface area contributed by atoms with Crippen LogP contribution in [0.1, 0.15) is 45.1 Å². The molecule has 2 saturated heterocycles. The Kier molecular flexibility index (Phi) is 7.63. The molecular formula is C23H33FN2O2. The maximum absolute atomic E-state index is 13.9. The molecule has 5 heteroatoms. The van der Waals surface area contributed by atoms with Crippen LogP contribution in [0.25, 0.3) is 0 Å². The van der Waals surface area contributed by atoms with Crippen LogP contribution in [-0.4, -0.2) is 54.6 Å². The summed E-state index contributed by atoms with van der Waals surface area (Å²) in [7, 11) is 0. The van der Waals surface area contributed by atoms with Crippen LogP contribution in [0.3, 0.4) is 0 Å². The predicted octanol–water partition coefficient (Wildman–Crippen LogP) is 4.01. The largest absolute Gasteiger partial charge is 0.376 e. The zero-order valence-electron chi connectivity index (χ0n) is 17.2. The van der Waals surface area contributed by atoms with Crippen molar-refractivity contribution in [1.29, 1.82) is 0 Å². The van der Waals surface area contributed by atoms with Crippen molar-refractivity contribution in [3.05, 3.63) is 47.3 Å². The van der Waals surface area contributed by atoms with Crippen molar-refractivity contribution < 1.29 is 13.9 Å². The summed E-state index contributed by atoms with van der Waals surface area (Å²) < 4.78 is 19.7. The number of halogens is 1. The topological polar surface area (TPSA) is 32.8 Å². The van der Waals surface area contributed by atoms with Gasteiger partial charge < -0.3 is 9.64 Å². The molecule has 0 bridgehead atoms. The molecule has 0 aliphatic carbocycles. The van der Waals surface area contributed by atoms with Crippen LogP contribution < -0.4 is 0 Å². The minimum atomic E-state index is -0.125. The highest BCUT2D eigenvalue weighted by atomic mass is 19.1. The molecule has 0 saturated carbocycles. The molecule has 1 aromatic rings. The van der Waals surface area contributed by atoms with Crippen molar-refractivity contribution >= 4 is 5.91 Å². The number of nitrogens with zero attached hydrogens (tertiary/aromatic N) is 2. The third kappa shape index (κ3) is 5.65. The van der Waals surface area contributed by atoms with E-state index in [2.05, 4.69) is 4.90 Å². The Morgan fingerprint density at radius 1 is 1.25 bits per heavy atom. The Morgan fingerprint density at radius 3 is 2.64 bits per heavy atom. The number of benzene rings is 1. The lowest BCUT2D eigenvalue weighted by Gasteiger charge is -2.35. The first kappa shape index (κ1) is 21.0. The van der Waals surface area contributed by atoms with E-state index in [0.29, 0.717) is 19.0 Å². The fraction of sp³-hybridized carbons (Fsp3) is 0.609. The Bertz CT molecular complexity index is 677. The van der Waals surface area contributed by atoms with Gasteiger partial charge in [0.15, 0.2) is 0 Å². The number of amides is 1. The molecule has 1 aromatic carbocycles. The van der Waals surface area contributed by atoms with Crippen molar-refractivity contribution in [2.75, 3.05) is 32.8 Å². The highest BCUT2D eigenvalue weighted by Crippen LogP contribution is 2.23. The second-order valence-corrected chi connectivity index (χ2v) is 8.13. The zero-order valence-corrected chi connectivity index (χ0v) is 17.2. The van der Waals surface area contributed by atoms with Crippen LogP contribution in [0, 0.1) is 11.7 Å². The molecule has 0 aromatic heterocycles. The summed E-state index contributed by atoms with van der Waals surface area (Å²) in [6.45, 7) is 8.66. The molecule has 28 heavy (non-hydrogen) atoms. The third-order valence-corrected chi connectivity index (χ3v) is 6.04. The van der Waals surface area contributed by atoms with E-state index in [4.69, 9.17) is 4.74 Å². The summed E-state index contributed by atoms with van der Waals surface area (Å²) in [5.74, 6) is 0.499. The number of carbonyl (C=O) groups is 1. The Morgan fingerprint density at radius 2 is 2.00 bits per heavy atom. The van der Waals surface area contributed by atoms with Gasteiger partial charge in [-0.25, -0.2) is 4.39 Å². The fourth-order valence-corrected chi connectivity index (χ4v) is 4.15. The summed E-state index contributed by atoms with van der Waals surface area (Å²) in [5, 5.41) is 0. The van der Waals surface area contributed by atoms with Crippen LogP contribution >= 0.6 is 0 Å². The van der Waals surface area contributed by atoms with Gasteiger partial charge in [0.1, 0.15) is 5.82 Å². The van der Waals surface area contributed by atoms with Gasteiger partial charge >= 0.3 is 0 Å². The van der Waals surface area contributed by atoms with E-state index in [1.807, 2.05) is 37.0 Å². The fourth-order valence-electron chi connectivity index (χ4n) is 4.15. The molecule has 4 nitrogen and oxygen atoms in total. The SMILES string of the molecule is C/C=C(\C)C(=O)N(CC1CCN(Cc2ccccc2F)CC1)CC1CCCO1. The summed E-state index contributed by atoms with van der Waals surface area (Å²) in [4.78, 5) is 17.1. The van der Waals surface area contributed by atoms with Crippen LogP contribution in [0.15, 0.2) is 35.9 Å². The molecule has 2 aliphatic heterocycles. The molecule has 2 fully saturated rings. The van der Waals surface area contributed by atoms with Crippen molar-refractivity contribution in [2.24, 2.45) is 5.92 Å². The minimum Gasteiger partial charge on any atom is -0.376 e. The highest BCUT2D eigenvalue weighted by Gasteiger charge is 2.27. The second-order valence-electron chi connectivity index (χ2n) is 8.13. The quantitative estimate of drug-likeness (QED) is 0.662. The van der Waals surface area contributed by atoms with Gasteiger partial charge in [0, 0.05) is 37.4 Å². The predicted molar refractivity (Wildman–Crippen MR) is 109 cm³/mol. The Balaban J connectivity index is 1.53. The molecule has 2 aliphatic rings. The Labute approximate surface area is 168 Å². The number of hydrogen-bond donors (Lipinski definition) is 0. The lowest BCUT2D eigenvalue weighted by atomic mass is 9.95. The lowest BCUT2D eigenvalue weighted by molar-refractivity contribution is -0.129. The van der Waals surface area contributed by atoms with E-state index in [1.165, 1.54) is 6.07 Å². The molecule has 0 radical (unpaired) electrons. The molecule has 0 N–H and O–H groups in total. The molecule has 1 amide bonds. The Hall–Kier alpha value is -1.72. The maximum atomic E-state index is 13.9. The molecule has 154 valence electrons. The molecule has 0 spiro atoms. The van der Waals surface area contributed by atoms with Gasteiger partial charge in [-0.2, -0.15) is 0 Å². The van der Waals surface area contributed by atoms with Crippen LogP contribution in [0.2, 0.25) is 0 Å². The standard InChI is InChI=1S/C23H33FN2O2/c1-3-18(2)23(27)26(17-21-8-6-14-28-21)15-19-10-12-25(13-11-19)16-20-7-4-5-9-22(20)24/h3-5,7,9,19,21H,6,8,10-17H2,1-2H3/b18-3+. The second kappa shape index (κ2) is 10.2. The number of likely N-dealkylation sites (tertiary alicyclic amines) is 1. The molecule has 2 heterocycles. The maximum Gasteiger partial charge on any atom is 0.249 e. The van der Waals surface area contributed by atoms with Gasteiger partial charge in [0.05, 0.1) is 6.10 Å². The summed E-state index contributed by atoms with van der Waals surface area (Å²) in [5.41, 5.74) is 1.56. The van der Waals surface area contributed by atoms with Crippen LogP contribution in [0.4, 0.5) is 4.39 Å². The number of allylic oxidation sites excluding steroid dienone is 1.